The van der Waals surface area contributed by atoms with Crippen LogP contribution in [0.4, 0.5) is 0 Å². The van der Waals surface area contributed by atoms with Gasteiger partial charge in [0, 0.05) is 32.2 Å². The Morgan fingerprint density at radius 1 is 1.27 bits per heavy atom. The van der Waals surface area contributed by atoms with Crippen LogP contribution in [0.25, 0.3) is 0 Å². The number of likely N-dealkylation sites (N-methyl/N-ethyl adjacent to an activating group) is 2. The summed E-state index contributed by atoms with van der Waals surface area (Å²) in [5.41, 5.74) is -0.0731. The van der Waals surface area contributed by atoms with Crippen LogP contribution in [0.5, 0.6) is 0 Å². The van der Waals surface area contributed by atoms with Crippen LogP contribution in [-0.4, -0.2) is 83.9 Å². The first-order chi connectivity index (χ1) is 10.5. The van der Waals surface area contributed by atoms with Crippen molar-refractivity contribution in [3.63, 3.8) is 0 Å². The lowest BCUT2D eigenvalue weighted by Gasteiger charge is -2.37. The Hall–Kier alpha value is -1.73. The van der Waals surface area contributed by atoms with E-state index >= 15 is 0 Å². The molecule has 2 heterocycles. The number of rotatable bonds is 5. The fourth-order valence-electron chi connectivity index (χ4n) is 2.71. The summed E-state index contributed by atoms with van der Waals surface area (Å²) in [5, 5.41) is 0. The summed E-state index contributed by atoms with van der Waals surface area (Å²) in [6.45, 7) is 3.49. The lowest BCUT2D eigenvalue weighted by Crippen LogP contribution is -2.47. The molecule has 22 heavy (non-hydrogen) atoms. The number of nitrogens with zero attached hydrogens (tertiary/aromatic N) is 4. The Morgan fingerprint density at radius 3 is 2.55 bits per heavy atom. The average molecular weight is 307 g/mol. The largest absolute Gasteiger partial charge is 0.337 e. The minimum atomic E-state index is -0.343. The molecule has 1 amide bonds. The van der Waals surface area contributed by atoms with Crippen molar-refractivity contribution in [1.82, 2.24) is 24.7 Å². The molecule has 0 unspecified atom stereocenters. The first-order valence-electron chi connectivity index (χ1n) is 7.66. The molecule has 1 aliphatic heterocycles. The van der Waals surface area contributed by atoms with E-state index in [4.69, 9.17) is 0 Å². The number of likely N-dealkylation sites (tertiary alicyclic amines) is 1. The Balaban J connectivity index is 1.86. The van der Waals surface area contributed by atoms with Gasteiger partial charge in [-0.15, -0.1) is 0 Å². The number of carbonyl (C=O) groups is 1. The molecule has 1 fully saturated rings. The Bertz CT molecular complexity index is 549. The van der Waals surface area contributed by atoms with Crippen molar-refractivity contribution >= 4 is 5.91 Å². The molecule has 2 rings (SSSR count). The normalized spacial score (nSPS) is 16.5. The number of amides is 1. The van der Waals surface area contributed by atoms with Crippen LogP contribution < -0.4 is 5.56 Å². The molecule has 1 N–H and O–H groups in total. The highest BCUT2D eigenvalue weighted by molar-refractivity contribution is 5.92. The molecule has 0 bridgehead atoms. The summed E-state index contributed by atoms with van der Waals surface area (Å²) in [5.74, 6) is -0.139. The zero-order valence-corrected chi connectivity index (χ0v) is 13.6. The maximum Gasteiger partial charge on any atom is 0.271 e. The molecule has 0 radical (unpaired) electrons. The number of carbonyl (C=O) groups excluding carboxylic acids is 1. The Labute approximate surface area is 130 Å². The van der Waals surface area contributed by atoms with Crippen LogP contribution >= 0.6 is 0 Å². The van der Waals surface area contributed by atoms with Gasteiger partial charge >= 0.3 is 0 Å². The van der Waals surface area contributed by atoms with E-state index in [0.29, 0.717) is 19.1 Å². The predicted octanol–water partition coefficient (Wildman–Crippen LogP) is -0.132. The molecule has 7 heteroatoms. The van der Waals surface area contributed by atoms with Gasteiger partial charge in [0.1, 0.15) is 5.69 Å². The second kappa shape index (κ2) is 7.51. The molecule has 0 atom stereocenters. The average Bonchev–Trinajstić information content (AvgIpc) is 2.52. The van der Waals surface area contributed by atoms with Gasteiger partial charge in [0.15, 0.2) is 0 Å². The van der Waals surface area contributed by atoms with E-state index in [9.17, 15) is 9.59 Å². The van der Waals surface area contributed by atoms with Gasteiger partial charge in [0.05, 0.1) is 12.4 Å². The first kappa shape index (κ1) is 16.6. The summed E-state index contributed by atoms with van der Waals surface area (Å²) in [7, 11) is 6.29. The van der Waals surface area contributed by atoms with E-state index in [-0.39, 0.29) is 17.2 Å². The van der Waals surface area contributed by atoms with Gasteiger partial charge in [-0.2, -0.15) is 0 Å². The van der Waals surface area contributed by atoms with Crippen LogP contribution in [0.2, 0.25) is 0 Å². The van der Waals surface area contributed by atoms with Gasteiger partial charge < -0.3 is 19.7 Å². The minimum Gasteiger partial charge on any atom is -0.337 e. The lowest BCUT2D eigenvalue weighted by molar-refractivity contribution is 0.0634. The number of hydrogen-bond donors (Lipinski definition) is 1. The molecule has 1 saturated heterocycles. The van der Waals surface area contributed by atoms with Crippen molar-refractivity contribution in [1.29, 1.82) is 0 Å². The van der Waals surface area contributed by atoms with Crippen LogP contribution in [-0.2, 0) is 0 Å². The van der Waals surface area contributed by atoms with Crippen molar-refractivity contribution in [2.24, 2.45) is 0 Å². The molecule has 7 nitrogen and oxygen atoms in total. The van der Waals surface area contributed by atoms with Crippen LogP contribution in [0.3, 0.4) is 0 Å². The van der Waals surface area contributed by atoms with Gasteiger partial charge in [0.2, 0.25) is 0 Å². The second-order valence-electron chi connectivity index (χ2n) is 6.12. The van der Waals surface area contributed by atoms with Crippen LogP contribution in [0.15, 0.2) is 17.2 Å². The number of nitrogens with one attached hydrogen (secondary N) is 1. The Morgan fingerprint density at radius 2 is 1.95 bits per heavy atom. The predicted molar refractivity (Wildman–Crippen MR) is 85.0 cm³/mol. The second-order valence-corrected chi connectivity index (χ2v) is 6.12. The molecule has 0 saturated carbocycles. The number of hydrogen-bond acceptors (Lipinski definition) is 5. The van der Waals surface area contributed by atoms with E-state index in [2.05, 4.69) is 40.9 Å². The molecule has 1 aromatic heterocycles. The quantitative estimate of drug-likeness (QED) is 0.820. The summed E-state index contributed by atoms with van der Waals surface area (Å²) in [6.07, 6.45) is 4.50. The monoisotopic (exact) mass is 307 g/mol. The molecule has 1 aliphatic rings. The SMILES string of the molecule is CN(C)CCN(C)C1CCN(C(=O)c2cncc(=O)[nH]2)CC1. The smallest absolute Gasteiger partial charge is 0.271 e. The molecular weight excluding hydrogens is 282 g/mol. The fourth-order valence-corrected chi connectivity index (χ4v) is 2.71. The summed E-state index contributed by atoms with van der Waals surface area (Å²) >= 11 is 0. The summed E-state index contributed by atoms with van der Waals surface area (Å²) in [6, 6.07) is 0.511. The highest BCUT2D eigenvalue weighted by atomic mass is 16.2. The van der Waals surface area contributed by atoms with Crippen molar-refractivity contribution in [2.45, 2.75) is 18.9 Å². The third-order valence-electron chi connectivity index (χ3n) is 4.16. The maximum atomic E-state index is 12.3. The zero-order chi connectivity index (χ0) is 16.1. The highest BCUT2D eigenvalue weighted by Crippen LogP contribution is 2.16. The third-order valence-corrected chi connectivity index (χ3v) is 4.16. The van der Waals surface area contributed by atoms with E-state index in [1.165, 1.54) is 12.4 Å². The van der Waals surface area contributed by atoms with E-state index < -0.39 is 0 Å². The van der Waals surface area contributed by atoms with E-state index in [1.807, 2.05) is 0 Å². The third kappa shape index (κ3) is 4.38. The number of H-pyrrole nitrogens is 1. The van der Waals surface area contributed by atoms with Crippen molar-refractivity contribution in [2.75, 3.05) is 47.3 Å². The number of piperidine rings is 1. The Kier molecular flexibility index (Phi) is 5.68. The van der Waals surface area contributed by atoms with Gasteiger partial charge in [0.25, 0.3) is 11.5 Å². The number of aromatic nitrogens is 2. The molecule has 0 spiro atoms. The topological polar surface area (TPSA) is 72.5 Å². The molecule has 0 aromatic carbocycles. The van der Waals surface area contributed by atoms with E-state index in [1.54, 1.807) is 4.90 Å². The van der Waals surface area contributed by atoms with Gasteiger partial charge in [-0.05, 0) is 34.0 Å². The lowest BCUT2D eigenvalue weighted by atomic mass is 10.0. The highest BCUT2D eigenvalue weighted by Gasteiger charge is 2.26. The molecular formula is C15H25N5O2. The molecule has 0 aliphatic carbocycles. The van der Waals surface area contributed by atoms with Gasteiger partial charge in [-0.3, -0.25) is 14.6 Å². The van der Waals surface area contributed by atoms with E-state index in [0.717, 1.165) is 25.9 Å². The number of aromatic amines is 1. The van der Waals surface area contributed by atoms with Crippen molar-refractivity contribution < 1.29 is 4.79 Å². The zero-order valence-electron chi connectivity index (χ0n) is 13.6. The van der Waals surface area contributed by atoms with Crippen LogP contribution in [0.1, 0.15) is 23.3 Å². The molecule has 122 valence electrons. The van der Waals surface area contributed by atoms with Crippen molar-refractivity contribution in [3.8, 4) is 0 Å². The minimum absolute atomic E-state index is 0.139. The standard InChI is InChI=1S/C15H25N5O2/c1-18(2)8-9-19(3)12-4-6-20(7-5-12)15(22)13-10-16-11-14(21)17-13/h10-12H,4-9H2,1-3H3,(H,17,21). The van der Waals surface area contributed by atoms with Gasteiger partial charge in [-0.25, -0.2) is 0 Å². The maximum absolute atomic E-state index is 12.3. The summed E-state index contributed by atoms with van der Waals surface area (Å²) in [4.78, 5) is 36.2. The fraction of sp³-hybridized carbons (Fsp3) is 0.667. The van der Waals surface area contributed by atoms with Gasteiger partial charge in [-0.1, -0.05) is 0 Å². The van der Waals surface area contributed by atoms with Crippen LogP contribution in [0, 0.1) is 0 Å². The first-order valence-corrected chi connectivity index (χ1v) is 7.66. The van der Waals surface area contributed by atoms with Crippen molar-refractivity contribution in [3.05, 3.63) is 28.4 Å². The molecule has 1 aromatic rings. The summed E-state index contributed by atoms with van der Waals surface area (Å²) < 4.78 is 0.